The van der Waals surface area contributed by atoms with E-state index in [1.165, 1.54) is 6.07 Å². The first-order valence-electron chi connectivity index (χ1n) is 10.1. The Morgan fingerprint density at radius 3 is 2.24 bits per heavy atom. The van der Waals surface area contributed by atoms with E-state index in [0.717, 1.165) is 11.3 Å². The summed E-state index contributed by atoms with van der Waals surface area (Å²) < 4.78 is 1.86. The van der Waals surface area contributed by atoms with Gasteiger partial charge >= 0.3 is 0 Å². The highest BCUT2D eigenvalue weighted by Crippen LogP contribution is 2.34. The minimum atomic E-state index is -0.686. The number of aromatic nitrogens is 2. The first kappa shape index (κ1) is 23.9. The van der Waals surface area contributed by atoms with E-state index < -0.39 is 11.8 Å². The van der Waals surface area contributed by atoms with Gasteiger partial charge in [-0.1, -0.05) is 46.9 Å². The first-order chi connectivity index (χ1) is 16.1. The lowest BCUT2D eigenvalue weighted by atomic mass is 10.1. The van der Waals surface area contributed by atoms with Gasteiger partial charge in [-0.3, -0.25) is 14.2 Å². The largest absolute Gasteiger partial charge is 0.366 e. The summed E-state index contributed by atoms with van der Waals surface area (Å²) in [5.74, 6) is -0.654. The van der Waals surface area contributed by atoms with Crippen molar-refractivity contribution < 1.29 is 9.59 Å². The van der Waals surface area contributed by atoms with Gasteiger partial charge in [0.15, 0.2) is 0 Å². The summed E-state index contributed by atoms with van der Waals surface area (Å²) in [7, 11) is 3.67. The van der Waals surface area contributed by atoms with Gasteiger partial charge in [0, 0.05) is 24.8 Å². The van der Waals surface area contributed by atoms with Gasteiger partial charge in [0.2, 0.25) is 5.95 Å². The van der Waals surface area contributed by atoms with Crippen LogP contribution in [0.4, 0.5) is 11.6 Å². The van der Waals surface area contributed by atoms with Gasteiger partial charge in [-0.05, 0) is 48.9 Å². The van der Waals surface area contributed by atoms with Gasteiger partial charge in [-0.25, -0.2) is 4.98 Å². The average Bonchev–Trinajstić information content (AvgIpc) is 3.14. The number of imidazole rings is 1. The van der Waals surface area contributed by atoms with Crippen LogP contribution in [-0.4, -0.2) is 35.5 Å². The molecule has 0 saturated carbocycles. The molecule has 10 heteroatoms. The molecule has 1 heterocycles. The van der Waals surface area contributed by atoms with Crippen molar-refractivity contribution in [3.63, 3.8) is 0 Å². The number of carbonyl (C=O) groups excluding carboxylic acids is 2. The number of nitrogens with two attached hydrogens (primary N) is 1. The van der Waals surface area contributed by atoms with Crippen LogP contribution < -0.4 is 16.0 Å². The Bertz CT molecular complexity index is 1440. The summed E-state index contributed by atoms with van der Waals surface area (Å²) in [6, 6.07) is 13.5. The van der Waals surface area contributed by atoms with E-state index >= 15 is 0 Å². The summed E-state index contributed by atoms with van der Waals surface area (Å²) in [5.41, 5.74) is 8.84. The van der Waals surface area contributed by atoms with Crippen molar-refractivity contribution >= 4 is 69.3 Å². The molecule has 0 unspecified atom stereocenters. The number of nitrogens with zero attached hydrogens (tertiary/aromatic N) is 3. The second-order valence-electron chi connectivity index (χ2n) is 7.83. The number of fused-ring (bicyclic) bond motifs is 1. The van der Waals surface area contributed by atoms with Gasteiger partial charge < -0.3 is 16.0 Å². The monoisotopic (exact) mass is 515 g/mol. The third-order valence-corrected chi connectivity index (χ3v) is 6.38. The molecule has 1 aromatic heterocycles. The van der Waals surface area contributed by atoms with E-state index in [0.29, 0.717) is 27.7 Å². The van der Waals surface area contributed by atoms with Crippen LogP contribution in [0.2, 0.25) is 15.1 Å². The van der Waals surface area contributed by atoms with Crippen molar-refractivity contribution in [2.24, 2.45) is 5.73 Å². The molecule has 4 aromatic rings. The van der Waals surface area contributed by atoms with E-state index in [4.69, 9.17) is 40.5 Å². The molecule has 0 atom stereocenters. The summed E-state index contributed by atoms with van der Waals surface area (Å²) in [4.78, 5) is 31.8. The Morgan fingerprint density at radius 2 is 1.62 bits per heavy atom. The average molecular weight is 517 g/mol. The summed E-state index contributed by atoms with van der Waals surface area (Å²) >= 11 is 18.8. The topological polar surface area (TPSA) is 93.2 Å². The number of amides is 2. The zero-order chi connectivity index (χ0) is 24.7. The molecule has 0 radical (unpaired) electrons. The molecule has 4 rings (SSSR count). The van der Waals surface area contributed by atoms with E-state index in [2.05, 4.69) is 10.3 Å². The molecule has 0 aliphatic carbocycles. The molecule has 3 aromatic carbocycles. The minimum Gasteiger partial charge on any atom is -0.366 e. The smallest absolute Gasteiger partial charge is 0.258 e. The van der Waals surface area contributed by atoms with Crippen molar-refractivity contribution in [1.29, 1.82) is 0 Å². The van der Waals surface area contributed by atoms with Crippen LogP contribution in [0, 0.1) is 6.92 Å². The molecule has 0 aliphatic rings. The van der Waals surface area contributed by atoms with Gasteiger partial charge in [-0.2, -0.15) is 0 Å². The lowest BCUT2D eigenvalue weighted by Crippen LogP contribution is -2.16. The number of hydrogen-bond donors (Lipinski definition) is 2. The number of rotatable bonds is 5. The maximum Gasteiger partial charge on any atom is 0.258 e. The van der Waals surface area contributed by atoms with Crippen molar-refractivity contribution in [3.8, 4) is 5.69 Å². The SMILES string of the molecule is Cc1c(Cl)cccc1-n1c(N(C)C)nc2c(C(N)=O)cc(NC(=O)c3c(Cl)cccc3Cl)cc21. The zero-order valence-corrected chi connectivity index (χ0v) is 20.8. The van der Waals surface area contributed by atoms with Gasteiger partial charge in [0.05, 0.1) is 32.4 Å². The Balaban J connectivity index is 1.96. The maximum absolute atomic E-state index is 13.0. The molecular weight excluding hydrogens is 497 g/mol. The van der Waals surface area contributed by atoms with E-state index in [1.807, 2.05) is 42.6 Å². The molecule has 0 bridgehead atoms. The van der Waals surface area contributed by atoms with Crippen LogP contribution in [0.1, 0.15) is 26.3 Å². The fourth-order valence-corrected chi connectivity index (χ4v) is 4.45. The van der Waals surface area contributed by atoms with Crippen LogP contribution in [0.5, 0.6) is 0 Å². The van der Waals surface area contributed by atoms with Crippen molar-refractivity contribution in [2.75, 3.05) is 24.3 Å². The molecule has 34 heavy (non-hydrogen) atoms. The van der Waals surface area contributed by atoms with Gasteiger partial charge in [-0.15, -0.1) is 0 Å². The molecular formula is C24H20Cl3N5O2. The summed E-state index contributed by atoms with van der Waals surface area (Å²) in [6.07, 6.45) is 0. The zero-order valence-electron chi connectivity index (χ0n) is 18.5. The summed E-state index contributed by atoms with van der Waals surface area (Å²) in [5, 5.41) is 3.76. The van der Waals surface area contributed by atoms with Gasteiger partial charge in [0.1, 0.15) is 5.52 Å². The Hall–Kier alpha value is -3.26. The number of carbonyl (C=O) groups is 2. The summed E-state index contributed by atoms with van der Waals surface area (Å²) in [6.45, 7) is 1.89. The van der Waals surface area contributed by atoms with Crippen molar-refractivity contribution in [3.05, 3.63) is 80.3 Å². The molecule has 174 valence electrons. The molecule has 0 fully saturated rings. The standard InChI is InChI=1S/C24H20Cl3N5O2/c1-12-15(25)6-5-9-18(12)32-19-11-13(29-23(34)20-16(26)7-4-8-17(20)27)10-14(22(28)33)21(19)30-24(32)31(2)3/h4-11H,1-3H3,(H2,28,33)(H,29,34). The Kier molecular flexibility index (Phi) is 6.45. The van der Waals surface area contributed by atoms with Crippen LogP contribution in [-0.2, 0) is 0 Å². The third kappa shape index (κ3) is 4.18. The lowest BCUT2D eigenvalue weighted by Gasteiger charge is -2.17. The fourth-order valence-electron chi connectivity index (χ4n) is 3.71. The number of hydrogen-bond acceptors (Lipinski definition) is 4. The highest BCUT2D eigenvalue weighted by molar-refractivity contribution is 6.40. The van der Waals surface area contributed by atoms with Gasteiger partial charge in [0.25, 0.3) is 11.8 Å². The van der Waals surface area contributed by atoms with Crippen LogP contribution in [0.3, 0.4) is 0 Å². The minimum absolute atomic E-state index is 0.125. The Morgan fingerprint density at radius 1 is 1.00 bits per heavy atom. The molecule has 2 amide bonds. The third-order valence-electron chi connectivity index (χ3n) is 5.34. The van der Waals surface area contributed by atoms with Crippen LogP contribution in [0.15, 0.2) is 48.5 Å². The quantitative estimate of drug-likeness (QED) is 0.355. The normalized spacial score (nSPS) is 11.0. The predicted molar refractivity (Wildman–Crippen MR) is 138 cm³/mol. The molecule has 0 aliphatic heterocycles. The number of halogens is 3. The Labute approximate surface area is 211 Å². The highest BCUT2D eigenvalue weighted by Gasteiger charge is 2.23. The number of anilines is 2. The first-order valence-corrected chi connectivity index (χ1v) is 11.3. The predicted octanol–water partition coefficient (Wildman–Crippen LogP) is 5.71. The lowest BCUT2D eigenvalue weighted by molar-refractivity contribution is 0.0997. The van der Waals surface area contributed by atoms with Crippen LogP contribution >= 0.6 is 34.8 Å². The number of primary amides is 1. The second-order valence-corrected chi connectivity index (χ2v) is 9.05. The molecule has 0 spiro atoms. The van der Waals surface area contributed by atoms with E-state index in [9.17, 15) is 9.59 Å². The number of benzene rings is 3. The van der Waals surface area contributed by atoms with E-state index in [1.54, 1.807) is 30.3 Å². The van der Waals surface area contributed by atoms with E-state index in [-0.39, 0.29) is 21.2 Å². The number of nitrogens with one attached hydrogen (secondary N) is 1. The van der Waals surface area contributed by atoms with Crippen molar-refractivity contribution in [2.45, 2.75) is 6.92 Å². The molecule has 7 nitrogen and oxygen atoms in total. The maximum atomic E-state index is 13.0. The highest BCUT2D eigenvalue weighted by atomic mass is 35.5. The molecule has 0 saturated heterocycles. The van der Waals surface area contributed by atoms with Crippen LogP contribution in [0.25, 0.3) is 16.7 Å². The fraction of sp³-hybridized carbons (Fsp3) is 0.125. The molecule has 3 N–H and O–H groups in total. The second kappa shape index (κ2) is 9.18. The van der Waals surface area contributed by atoms with Crippen molar-refractivity contribution in [1.82, 2.24) is 9.55 Å².